The second-order valence-corrected chi connectivity index (χ2v) is 5.64. The molecule has 0 amide bonds. The van der Waals surface area contributed by atoms with Crippen molar-refractivity contribution >= 4 is 28.5 Å². The van der Waals surface area contributed by atoms with Crippen LogP contribution in [0.2, 0.25) is 5.02 Å². The Kier molecular flexibility index (Phi) is 4.62. The Morgan fingerprint density at radius 2 is 1.96 bits per heavy atom. The number of ether oxygens (including phenoxy) is 2. The van der Waals surface area contributed by atoms with E-state index < -0.39 is 5.97 Å². The Bertz CT molecular complexity index is 888. The van der Waals surface area contributed by atoms with Crippen LogP contribution in [0.25, 0.3) is 10.9 Å². The van der Waals surface area contributed by atoms with Crippen molar-refractivity contribution < 1.29 is 19.4 Å². The summed E-state index contributed by atoms with van der Waals surface area (Å²) in [6.45, 7) is 0.859. The predicted octanol–water partition coefficient (Wildman–Crippen LogP) is 4.08. The van der Waals surface area contributed by atoms with Gasteiger partial charge in [0.2, 0.25) is 0 Å². The summed E-state index contributed by atoms with van der Waals surface area (Å²) in [7, 11) is 1.59. The minimum Gasteiger partial charge on any atom is -0.493 e. The average molecular weight is 346 g/mol. The van der Waals surface area contributed by atoms with Gasteiger partial charge in [0.1, 0.15) is 6.61 Å². The lowest BCUT2D eigenvalue weighted by Gasteiger charge is -2.11. The molecule has 0 saturated carbocycles. The van der Waals surface area contributed by atoms with Crippen LogP contribution in [0.1, 0.15) is 10.4 Å². The van der Waals surface area contributed by atoms with Gasteiger partial charge in [0, 0.05) is 16.6 Å². The number of rotatable bonds is 6. The third-order valence-corrected chi connectivity index (χ3v) is 3.97. The van der Waals surface area contributed by atoms with E-state index in [1.807, 2.05) is 28.8 Å². The van der Waals surface area contributed by atoms with Crippen LogP contribution in [-0.4, -0.2) is 29.4 Å². The zero-order valence-electron chi connectivity index (χ0n) is 13.0. The van der Waals surface area contributed by atoms with Crippen molar-refractivity contribution in [1.29, 1.82) is 0 Å². The molecule has 124 valence electrons. The highest BCUT2D eigenvalue weighted by Gasteiger charge is 2.14. The number of carbonyl (C=O) groups is 1. The van der Waals surface area contributed by atoms with Gasteiger partial charge in [-0.3, -0.25) is 0 Å². The molecule has 0 atom stereocenters. The quantitative estimate of drug-likeness (QED) is 0.731. The summed E-state index contributed by atoms with van der Waals surface area (Å²) in [5.41, 5.74) is 1.02. The van der Waals surface area contributed by atoms with Gasteiger partial charge >= 0.3 is 5.97 Å². The van der Waals surface area contributed by atoms with Crippen LogP contribution in [0.4, 0.5) is 0 Å². The number of halogens is 1. The molecule has 1 N–H and O–H groups in total. The fourth-order valence-corrected chi connectivity index (χ4v) is 2.78. The van der Waals surface area contributed by atoms with Gasteiger partial charge in [0.15, 0.2) is 11.5 Å². The van der Waals surface area contributed by atoms with Crippen LogP contribution < -0.4 is 9.47 Å². The van der Waals surface area contributed by atoms with E-state index in [9.17, 15) is 9.90 Å². The maximum Gasteiger partial charge on any atom is 0.337 e. The molecule has 0 unspecified atom stereocenters. The maximum atomic E-state index is 11.4. The molecular weight excluding hydrogens is 330 g/mol. The Morgan fingerprint density at radius 1 is 1.21 bits per heavy atom. The van der Waals surface area contributed by atoms with Crippen LogP contribution in [0.15, 0.2) is 48.7 Å². The number of hydrogen-bond acceptors (Lipinski definition) is 3. The van der Waals surface area contributed by atoms with E-state index in [-0.39, 0.29) is 5.56 Å². The Morgan fingerprint density at radius 3 is 2.67 bits per heavy atom. The topological polar surface area (TPSA) is 60.7 Å². The summed E-state index contributed by atoms with van der Waals surface area (Å²) in [5.74, 6) is 0.337. The van der Waals surface area contributed by atoms with Gasteiger partial charge in [-0.25, -0.2) is 4.79 Å². The number of aromatic carboxylic acids is 1. The van der Waals surface area contributed by atoms with E-state index in [4.69, 9.17) is 21.1 Å². The molecule has 0 aliphatic rings. The third-order valence-electron chi connectivity index (χ3n) is 3.73. The molecule has 0 bridgehead atoms. The maximum absolute atomic E-state index is 11.4. The minimum absolute atomic E-state index is 0.249. The summed E-state index contributed by atoms with van der Waals surface area (Å²) in [4.78, 5) is 11.4. The van der Waals surface area contributed by atoms with Gasteiger partial charge in [0.05, 0.1) is 24.7 Å². The van der Waals surface area contributed by atoms with Crippen LogP contribution in [0.5, 0.6) is 11.5 Å². The molecule has 0 aliphatic heterocycles. The molecule has 0 radical (unpaired) electrons. The first-order valence-corrected chi connectivity index (χ1v) is 7.75. The minimum atomic E-state index is -0.966. The molecule has 5 nitrogen and oxygen atoms in total. The van der Waals surface area contributed by atoms with Crippen LogP contribution >= 0.6 is 11.6 Å². The molecule has 24 heavy (non-hydrogen) atoms. The number of aromatic nitrogens is 1. The first kappa shape index (κ1) is 16.2. The lowest BCUT2D eigenvalue weighted by Crippen LogP contribution is -2.08. The number of methoxy groups -OCH3 is 1. The van der Waals surface area contributed by atoms with Crippen molar-refractivity contribution in [2.45, 2.75) is 6.54 Å². The molecule has 3 aromatic rings. The van der Waals surface area contributed by atoms with E-state index >= 15 is 0 Å². The van der Waals surface area contributed by atoms with Crippen molar-refractivity contribution in [2.75, 3.05) is 13.7 Å². The lowest BCUT2D eigenvalue weighted by molar-refractivity contribution is 0.0698. The molecule has 0 fully saturated rings. The standard InChI is InChI=1S/C18H16ClNO4/c1-23-16-4-2-3-5-17(16)24-9-8-20-11-14(18(21)22)13-7-6-12(19)10-15(13)20/h2-7,10-11H,8-9H2,1H3,(H,21,22). The van der Waals surface area contributed by atoms with Crippen LogP contribution in [-0.2, 0) is 6.54 Å². The summed E-state index contributed by atoms with van der Waals surface area (Å²) >= 11 is 6.04. The zero-order valence-corrected chi connectivity index (χ0v) is 13.8. The summed E-state index contributed by atoms with van der Waals surface area (Å²) in [6.07, 6.45) is 1.61. The first-order chi connectivity index (χ1) is 11.6. The van der Waals surface area contributed by atoms with E-state index in [2.05, 4.69) is 0 Å². The van der Waals surface area contributed by atoms with Crippen molar-refractivity contribution in [1.82, 2.24) is 4.57 Å². The highest BCUT2D eigenvalue weighted by atomic mass is 35.5. The number of benzene rings is 2. The number of hydrogen-bond donors (Lipinski definition) is 1. The van der Waals surface area contributed by atoms with E-state index in [0.717, 1.165) is 5.52 Å². The Balaban J connectivity index is 1.82. The molecule has 0 aliphatic carbocycles. The highest BCUT2D eigenvalue weighted by molar-refractivity contribution is 6.31. The molecule has 3 rings (SSSR count). The summed E-state index contributed by atoms with van der Waals surface area (Å²) in [5, 5.41) is 10.6. The zero-order chi connectivity index (χ0) is 17.1. The fraction of sp³-hybridized carbons (Fsp3) is 0.167. The number of carboxylic acid groups (broad SMARTS) is 1. The fourth-order valence-electron chi connectivity index (χ4n) is 2.61. The monoisotopic (exact) mass is 345 g/mol. The van der Waals surface area contributed by atoms with Gasteiger partial charge in [-0.15, -0.1) is 0 Å². The number of para-hydroxylation sites is 2. The Hall–Kier alpha value is -2.66. The van der Waals surface area contributed by atoms with Crippen molar-refractivity contribution in [3.8, 4) is 11.5 Å². The first-order valence-electron chi connectivity index (χ1n) is 7.37. The van der Waals surface area contributed by atoms with Crippen molar-refractivity contribution in [2.24, 2.45) is 0 Å². The van der Waals surface area contributed by atoms with Gasteiger partial charge in [-0.05, 0) is 24.3 Å². The lowest BCUT2D eigenvalue weighted by atomic mass is 10.2. The van der Waals surface area contributed by atoms with Crippen molar-refractivity contribution in [3.63, 3.8) is 0 Å². The normalized spacial score (nSPS) is 10.8. The molecular formula is C18H16ClNO4. The number of fused-ring (bicyclic) bond motifs is 1. The smallest absolute Gasteiger partial charge is 0.337 e. The second kappa shape index (κ2) is 6.84. The second-order valence-electron chi connectivity index (χ2n) is 5.20. The summed E-state index contributed by atoms with van der Waals surface area (Å²) < 4.78 is 12.8. The van der Waals surface area contributed by atoms with Crippen molar-refractivity contribution in [3.05, 3.63) is 59.2 Å². The van der Waals surface area contributed by atoms with Gasteiger partial charge in [-0.2, -0.15) is 0 Å². The number of carboxylic acids is 1. The number of nitrogens with zero attached hydrogens (tertiary/aromatic N) is 1. The molecule has 2 aromatic carbocycles. The largest absolute Gasteiger partial charge is 0.493 e. The molecule has 1 heterocycles. The highest BCUT2D eigenvalue weighted by Crippen LogP contribution is 2.27. The SMILES string of the molecule is COc1ccccc1OCCn1cc(C(=O)O)c2ccc(Cl)cc21. The molecule has 6 heteroatoms. The van der Waals surface area contributed by atoms with Crippen LogP contribution in [0, 0.1) is 0 Å². The van der Waals surface area contributed by atoms with Gasteiger partial charge in [0.25, 0.3) is 0 Å². The van der Waals surface area contributed by atoms with E-state index in [1.54, 1.807) is 31.5 Å². The van der Waals surface area contributed by atoms with E-state index in [0.29, 0.717) is 35.1 Å². The molecule has 0 spiro atoms. The molecule has 1 aromatic heterocycles. The average Bonchev–Trinajstić information content (AvgIpc) is 2.93. The van der Waals surface area contributed by atoms with E-state index in [1.165, 1.54) is 0 Å². The van der Waals surface area contributed by atoms with Crippen LogP contribution in [0.3, 0.4) is 0 Å². The Labute approximate surface area is 144 Å². The predicted molar refractivity (Wildman–Crippen MR) is 92.4 cm³/mol. The molecule has 0 saturated heterocycles. The third kappa shape index (κ3) is 3.16. The van der Waals surface area contributed by atoms with Gasteiger partial charge < -0.3 is 19.1 Å². The summed E-state index contributed by atoms with van der Waals surface area (Å²) in [6, 6.07) is 12.5. The van der Waals surface area contributed by atoms with Gasteiger partial charge in [-0.1, -0.05) is 29.8 Å².